The summed E-state index contributed by atoms with van der Waals surface area (Å²) < 4.78 is 53.9. The van der Waals surface area contributed by atoms with Crippen molar-refractivity contribution in [2.75, 3.05) is 6.61 Å². The summed E-state index contributed by atoms with van der Waals surface area (Å²) in [6.07, 6.45) is 0. The number of benzene rings is 1. The minimum Gasteiger partial charge on any atom is -0.462 e. The first kappa shape index (κ1) is 16.2. The van der Waals surface area contributed by atoms with E-state index in [9.17, 15) is 22.4 Å². The van der Waals surface area contributed by atoms with Crippen molar-refractivity contribution >= 4 is 29.5 Å². The summed E-state index contributed by atoms with van der Waals surface area (Å²) in [5.74, 6) is -6.11. The van der Waals surface area contributed by atoms with Gasteiger partial charge in [0, 0.05) is 9.79 Å². The monoisotopic (exact) mass is 314 g/mol. The Labute approximate surface area is 115 Å². The number of hydrogen-bond donors (Lipinski definition) is 0. The number of carbonyl (C=O) groups is 1. The molecule has 0 radical (unpaired) electrons. The SMILES string of the molecule is CCOC(=O)c1cc(SC(F)F)cc(SC(F)F)c1. The Morgan fingerprint density at radius 3 is 1.95 bits per heavy atom. The minimum atomic E-state index is -2.69. The normalized spacial score (nSPS) is 11.1. The van der Waals surface area contributed by atoms with E-state index in [-0.39, 0.29) is 45.5 Å². The molecule has 0 saturated carbocycles. The molecule has 0 N–H and O–H groups in total. The third-order valence-corrected chi connectivity index (χ3v) is 3.21. The molecule has 0 saturated heterocycles. The standard InChI is InChI=1S/C11H10F4O2S2/c1-2-17-9(16)6-3-7(18-10(12)13)5-8(4-6)19-11(14)15/h3-5,10-11H,2H2,1H3. The van der Waals surface area contributed by atoms with Crippen molar-refractivity contribution in [3.8, 4) is 0 Å². The summed E-state index contributed by atoms with van der Waals surface area (Å²) in [5, 5.41) is 0. The molecule has 0 aliphatic rings. The van der Waals surface area contributed by atoms with Crippen molar-refractivity contribution < 1.29 is 27.1 Å². The predicted octanol–water partition coefficient (Wildman–Crippen LogP) is 4.49. The van der Waals surface area contributed by atoms with E-state index in [0.29, 0.717) is 0 Å². The lowest BCUT2D eigenvalue weighted by atomic mass is 10.2. The van der Waals surface area contributed by atoms with Crippen LogP contribution in [0.3, 0.4) is 0 Å². The van der Waals surface area contributed by atoms with Gasteiger partial charge in [-0.15, -0.1) is 0 Å². The van der Waals surface area contributed by atoms with E-state index >= 15 is 0 Å². The van der Waals surface area contributed by atoms with Crippen LogP contribution in [0.1, 0.15) is 17.3 Å². The van der Waals surface area contributed by atoms with E-state index in [1.807, 2.05) is 0 Å². The number of halogens is 4. The first-order valence-electron chi connectivity index (χ1n) is 5.14. The molecule has 8 heteroatoms. The smallest absolute Gasteiger partial charge is 0.338 e. The molecule has 0 unspecified atom stereocenters. The van der Waals surface area contributed by atoms with Gasteiger partial charge < -0.3 is 4.74 Å². The first-order valence-corrected chi connectivity index (χ1v) is 6.90. The zero-order chi connectivity index (χ0) is 14.4. The lowest BCUT2D eigenvalue weighted by Gasteiger charge is -2.08. The lowest BCUT2D eigenvalue weighted by Crippen LogP contribution is -2.05. The molecule has 0 aromatic heterocycles. The van der Waals surface area contributed by atoms with Gasteiger partial charge in [0.1, 0.15) is 0 Å². The molecular formula is C11H10F4O2S2. The number of esters is 1. The molecule has 0 aliphatic heterocycles. The molecule has 1 aromatic rings. The van der Waals surface area contributed by atoms with Crippen molar-refractivity contribution in [1.29, 1.82) is 0 Å². The summed E-state index contributed by atoms with van der Waals surface area (Å²) in [4.78, 5) is 11.6. The molecule has 0 heterocycles. The highest BCUT2D eigenvalue weighted by molar-refractivity contribution is 8.00. The maximum Gasteiger partial charge on any atom is 0.338 e. The molecule has 0 fully saturated rings. The van der Waals surface area contributed by atoms with Crippen LogP contribution in [0.2, 0.25) is 0 Å². The Bertz CT molecular complexity index is 412. The van der Waals surface area contributed by atoms with Crippen molar-refractivity contribution in [2.45, 2.75) is 28.2 Å². The summed E-state index contributed by atoms with van der Waals surface area (Å²) in [6, 6.07) is 3.59. The highest BCUT2D eigenvalue weighted by atomic mass is 32.2. The van der Waals surface area contributed by atoms with Gasteiger partial charge in [-0.1, -0.05) is 23.5 Å². The molecule has 2 nitrogen and oxygen atoms in total. The number of hydrogen-bond acceptors (Lipinski definition) is 4. The largest absolute Gasteiger partial charge is 0.462 e. The Morgan fingerprint density at radius 1 is 1.11 bits per heavy atom. The Morgan fingerprint density at radius 2 is 1.58 bits per heavy atom. The van der Waals surface area contributed by atoms with E-state index in [4.69, 9.17) is 4.74 Å². The van der Waals surface area contributed by atoms with Crippen LogP contribution in [0.5, 0.6) is 0 Å². The highest BCUT2D eigenvalue weighted by Crippen LogP contribution is 2.33. The third-order valence-electron chi connectivity index (χ3n) is 1.84. The van der Waals surface area contributed by atoms with Gasteiger partial charge in [0.05, 0.1) is 12.2 Å². The van der Waals surface area contributed by atoms with Crippen LogP contribution in [-0.2, 0) is 4.74 Å². The van der Waals surface area contributed by atoms with Crippen LogP contribution in [0, 0.1) is 0 Å². The Kier molecular flexibility index (Phi) is 6.50. The fourth-order valence-electron chi connectivity index (χ4n) is 1.25. The van der Waals surface area contributed by atoms with Gasteiger partial charge in [-0.05, 0) is 25.1 Å². The number of alkyl halides is 4. The predicted molar refractivity (Wildman–Crippen MR) is 66.1 cm³/mol. The molecule has 1 rings (SSSR count). The van der Waals surface area contributed by atoms with E-state index < -0.39 is 17.5 Å². The van der Waals surface area contributed by atoms with E-state index in [2.05, 4.69) is 0 Å². The third kappa shape index (κ3) is 5.73. The number of thioether (sulfide) groups is 2. The van der Waals surface area contributed by atoms with Gasteiger partial charge in [0.2, 0.25) is 0 Å². The van der Waals surface area contributed by atoms with Crippen molar-refractivity contribution in [1.82, 2.24) is 0 Å². The van der Waals surface area contributed by atoms with E-state index in [1.54, 1.807) is 6.92 Å². The van der Waals surface area contributed by atoms with Gasteiger partial charge in [-0.3, -0.25) is 0 Å². The van der Waals surface area contributed by atoms with Crippen LogP contribution in [0.25, 0.3) is 0 Å². The molecule has 0 amide bonds. The summed E-state index contributed by atoms with van der Waals surface area (Å²) in [6.45, 7) is 1.70. The average molecular weight is 314 g/mol. The average Bonchev–Trinajstić information content (AvgIpc) is 2.26. The molecule has 0 atom stereocenters. The van der Waals surface area contributed by atoms with Crippen LogP contribution in [-0.4, -0.2) is 24.1 Å². The maximum absolute atomic E-state index is 12.3. The summed E-state index contributed by atoms with van der Waals surface area (Å²) in [5.41, 5.74) is -0.0179. The van der Waals surface area contributed by atoms with E-state index in [1.165, 1.54) is 18.2 Å². The number of ether oxygens (including phenoxy) is 1. The number of carbonyl (C=O) groups excluding carboxylic acids is 1. The second-order valence-corrected chi connectivity index (χ2v) is 5.30. The van der Waals surface area contributed by atoms with Gasteiger partial charge in [-0.2, -0.15) is 17.6 Å². The quantitative estimate of drug-likeness (QED) is 0.439. The maximum atomic E-state index is 12.3. The van der Waals surface area contributed by atoms with Gasteiger partial charge in [0.15, 0.2) is 0 Å². The van der Waals surface area contributed by atoms with Gasteiger partial charge in [-0.25, -0.2) is 4.79 Å². The van der Waals surface area contributed by atoms with E-state index in [0.717, 1.165) is 0 Å². The molecule has 0 bridgehead atoms. The minimum absolute atomic E-state index is 0.0179. The molecule has 1 aromatic carbocycles. The summed E-state index contributed by atoms with van der Waals surface area (Å²) >= 11 is 0.380. The van der Waals surface area contributed by atoms with Crippen LogP contribution in [0.15, 0.2) is 28.0 Å². The van der Waals surface area contributed by atoms with Crippen LogP contribution >= 0.6 is 23.5 Å². The van der Waals surface area contributed by atoms with Crippen molar-refractivity contribution in [3.63, 3.8) is 0 Å². The lowest BCUT2D eigenvalue weighted by molar-refractivity contribution is 0.0525. The Hall–Kier alpha value is -0.890. The molecular weight excluding hydrogens is 304 g/mol. The molecule has 0 aliphatic carbocycles. The van der Waals surface area contributed by atoms with Crippen molar-refractivity contribution in [3.05, 3.63) is 23.8 Å². The summed E-state index contributed by atoms with van der Waals surface area (Å²) in [7, 11) is 0. The van der Waals surface area contributed by atoms with Crippen LogP contribution < -0.4 is 0 Å². The molecule has 19 heavy (non-hydrogen) atoms. The second kappa shape index (κ2) is 7.64. The highest BCUT2D eigenvalue weighted by Gasteiger charge is 2.15. The zero-order valence-corrected chi connectivity index (χ0v) is 11.4. The molecule has 0 spiro atoms. The Balaban J connectivity index is 3.04. The molecule has 106 valence electrons. The number of rotatable bonds is 6. The van der Waals surface area contributed by atoms with Crippen LogP contribution in [0.4, 0.5) is 17.6 Å². The van der Waals surface area contributed by atoms with Gasteiger partial charge in [0.25, 0.3) is 11.5 Å². The topological polar surface area (TPSA) is 26.3 Å². The van der Waals surface area contributed by atoms with Crippen molar-refractivity contribution in [2.24, 2.45) is 0 Å². The fourth-order valence-corrected chi connectivity index (χ4v) is 2.51. The second-order valence-electron chi connectivity index (χ2n) is 3.17. The van der Waals surface area contributed by atoms with Gasteiger partial charge >= 0.3 is 5.97 Å². The fraction of sp³-hybridized carbons (Fsp3) is 0.364. The first-order chi connectivity index (χ1) is 8.92. The zero-order valence-electron chi connectivity index (χ0n) is 9.74.